The van der Waals surface area contributed by atoms with Crippen LogP contribution in [-0.2, 0) is 9.47 Å². The van der Waals surface area contributed by atoms with Gasteiger partial charge in [0.25, 0.3) is 0 Å². The van der Waals surface area contributed by atoms with Crippen molar-refractivity contribution < 1.29 is 19.4 Å². The van der Waals surface area contributed by atoms with E-state index in [1.807, 2.05) is 20.8 Å². The number of hydrogen-bond donors (Lipinski definition) is 1. The average Bonchev–Trinajstić information content (AvgIpc) is 2.53. The van der Waals surface area contributed by atoms with Gasteiger partial charge in [0, 0.05) is 6.54 Å². The van der Waals surface area contributed by atoms with E-state index >= 15 is 0 Å². The molecular formula is C12H21NO4. The highest BCUT2D eigenvalue weighted by Gasteiger charge is 2.45. The number of piperidine rings is 1. The van der Waals surface area contributed by atoms with Crippen molar-refractivity contribution in [2.45, 2.75) is 57.5 Å². The highest BCUT2D eigenvalue weighted by Crippen LogP contribution is 2.32. The molecule has 0 spiro atoms. The molecule has 2 aliphatic rings. The molecule has 0 aromatic rings. The fourth-order valence-electron chi connectivity index (χ4n) is 2.49. The third-order valence-corrected chi connectivity index (χ3v) is 3.20. The van der Waals surface area contributed by atoms with E-state index in [4.69, 9.17) is 9.47 Å². The summed E-state index contributed by atoms with van der Waals surface area (Å²) in [7, 11) is 0. The number of nitrogens with zero attached hydrogens (tertiary/aromatic N) is 1. The van der Waals surface area contributed by atoms with E-state index in [0.29, 0.717) is 6.54 Å². The summed E-state index contributed by atoms with van der Waals surface area (Å²) in [6.45, 7) is 6.17. The smallest absolute Gasteiger partial charge is 0.410 e. The van der Waals surface area contributed by atoms with Crippen molar-refractivity contribution in [3.63, 3.8) is 0 Å². The Morgan fingerprint density at radius 2 is 2.24 bits per heavy atom. The molecule has 0 aromatic heterocycles. The Balaban J connectivity index is 2.03. The zero-order valence-electron chi connectivity index (χ0n) is 10.7. The number of aliphatic hydroxyl groups is 1. The SMILES string of the molecule is CC(C)(C)OC(=O)N1CCC2CC1[C@H](CO)O2. The minimum Gasteiger partial charge on any atom is -0.444 e. The minimum atomic E-state index is -0.484. The predicted molar refractivity (Wildman–Crippen MR) is 61.7 cm³/mol. The largest absolute Gasteiger partial charge is 0.444 e. The van der Waals surface area contributed by atoms with Gasteiger partial charge in [-0.05, 0) is 33.6 Å². The first-order chi connectivity index (χ1) is 7.90. The fourth-order valence-corrected chi connectivity index (χ4v) is 2.49. The predicted octanol–water partition coefficient (Wildman–Crippen LogP) is 1.15. The number of hydrogen-bond acceptors (Lipinski definition) is 4. The molecule has 2 unspecified atom stereocenters. The van der Waals surface area contributed by atoms with Gasteiger partial charge in [0.1, 0.15) is 11.7 Å². The lowest BCUT2D eigenvalue weighted by Gasteiger charge is -2.34. The zero-order chi connectivity index (χ0) is 12.6. The van der Waals surface area contributed by atoms with Gasteiger partial charge in [0.05, 0.1) is 18.8 Å². The summed E-state index contributed by atoms with van der Waals surface area (Å²) in [4.78, 5) is 13.7. The van der Waals surface area contributed by atoms with Gasteiger partial charge in [-0.25, -0.2) is 4.79 Å². The van der Waals surface area contributed by atoms with Crippen LogP contribution in [0.3, 0.4) is 0 Å². The van der Waals surface area contributed by atoms with E-state index in [-0.39, 0.29) is 30.9 Å². The molecule has 98 valence electrons. The van der Waals surface area contributed by atoms with Crippen LogP contribution >= 0.6 is 0 Å². The van der Waals surface area contributed by atoms with Crippen LogP contribution < -0.4 is 0 Å². The monoisotopic (exact) mass is 243 g/mol. The molecule has 5 nitrogen and oxygen atoms in total. The molecule has 17 heavy (non-hydrogen) atoms. The Labute approximate surface area is 102 Å². The molecule has 2 saturated heterocycles. The zero-order valence-corrected chi connectivity index (χ0v) is 10.7. The first-order valence-corrected chi connectivity index (χ1v) is 6.16. The van der Waals surface area contributed by atoms with Gasteiger partial charge < -0.3 is 19.5 Å². The first-order valence-electron chi connectivity index (χ1n) is 6.16. The Hall–Kier alpha value is -0.810. The molecule has 1 amide bonds. The van der Waals surface area contributed by atoms with E-state index in [1.54, 1.807) is 4.90 Å². The van der Waals surface area contributed by atoms with Gasteiger partial charge in [0.2, 0.25) is 0 Å². The van der Waals surface area contributed by atoms with E-state index in [9.17, 15) is 9.90 Å². The summed E-state index contributed by atoms with van der Waals surface area (Å²) in [5, 5.41) is 9.24. The van der Waals surface area contributed by atoms with Crippen LogP contribution in [0.5, 0.6) is 0 Å². The van der Waals surface area contributed by atoms with Gasteiger partial charge in [-0.1, -0.05) is 0 Å². The average molecular weight is 243 g/mol. The minimum absolute atomic E-state index is 0.0337. The lowest BCUT2D eigenvalue weighted by molar-refractivity contribution is -0.00305. The third kappa shape index (κ3) is 2.72. The Morgan fingerprint density at radius 3 is 2.82 bits per heavy atom. The highest BCUT2D eigenvalue weighted by molar-refractivity contribution is 5.69. The van der Waals surface area contributed by atoms with Crippen molar-refractivity contribution >= 4 is 6.09 Å². The van der Waals surface area contributed by atoms with Crippen LogP contribution in [0.15, 0.2) is 0 Å². The van der Waals surface area contributed by atoms with Gasteiger partial charge in [-0.2, -0.15) is 0 Å². The molecule has 0 saturated carbocycles. The topological polar surface area (TPSA) is 59.0 Å². The summed E-state index contributed by atoms with van der Waals surface area (Å²) in [6.07, 6.45) is 1.27. The number of carbonyl (C=O) groups is 1. The van der Waals surface area contributed by atoms with E-state index in [2.05, 4.69) is 0 Å². The van der Waals surface area contributed by atoms with Crippen molar-refractivity contribution in [3.05, 3.63) is 0 Å². The normalized spacial score (nSPS) is 32.7. The number of carbonyl (C=O) groups excluding carboxylic acids is 1. The summed E-state index contributed by atoms with van der Waals surface area (Å²) < 4.78 is 11.0. The number of fused-ring (bicyclic) bond motifs is 2. The van der Waals surface area contributed by atoms with Crippen molar-refractivity contribution in [1.29, 1.82) is 0 Å². The summed E-state index contributed by atoms with van der Waals surface area (Å²) in [5.41, 5.74) is -0.484. The van der Waals surface area contributed by atoms with Crippen LogP contribution in [-0.4, -0.2) is 53.1 Å². The first kappa shape index (κ1) is 12.6. The molecule has 5 heteroatoms. The maximum atomic E-state index is 12.0. The fraction of sp³-hybridized carbons (Fsp3) is 0.917. The van der Waals surface area contributed by atoms with Crippen LogP contribution in [0, 0.1) is 0 Å². The Bertz CT molecular complexity index is 299. The second kappa shape index (κ2) is 4.46. The summed E-state index contributed by atoms with van der Waals surface area (Å²) >= 11 is 0. The van der Waals surface area contributed by atoms with Gasteiger partial charge in [-0.3, -0.25) is 0 Å². The summed E-state index contributed by atoms with van der Waals surface area (Å²) in [6, 6.07) is -0.0337. The van der Waals surface area contributed by atoms with E-state index < -0.39 is 5.60 Å². The Morgan fingerprint density at radius 1 is 1.53 bits per heavy atom. The van der Waals surface area contributed by atoms with Crippen LogP contribution in [0.25, 0.3) is 0 Å². The number of likely N-dealkylation sites (tertiary alicyclic amines) is 1. The van der Waals surface area contributed by atoms with E-state index in [0.717, 1.165) is 12.8 Å². The maximum Gasteiger partial charge on any atom is 0.410 e. The summed E-state index contributed by atoms with van der Waals surface area (Å²) in [5.74, 6) is 0. The van der Waals surface area contributed by atoms with Crippen LogP contribution in [0.2, 0.25) is 0 Å². The lowest BCUT2D eigenvalue weighted by Crippen LogP contribution is -2.49. The Kier molecular flexibility index (Phi) is 3.32. The number of rotatable bonds is 1. The number of aliphatic hydroxyl groups excluding tert-OH is 1. The molecule has 2 heterocycles. The van der Waals surface area contributed by atoms with Crippen molar-refractivity contribution in [2.24, 2.45) is 0 Å². The lowest BCUT2D eigenvalue weighted by atomic mass is 10.0. The highest BCUT2D eigenvalue weighted by atomic mass is 16.6. The second-order valence-corrected chi connectivity index (χ2v) is 5.74. The third-order valence-electron chi connectivity index (χ3n) is 3.20. The quantitative estimate of drug-likeness (QED) is 0.750. The van der Waals surface area contributed by atoms with E-state index in [1.165, 1.54) is 0 Å². The van der Waals surface area contributed by atoms with Crippen LogP contribution in [0.1, 0.15) is 33.6 Å². The molecule has 0 aliphatic carbocycles. The van der Waals surface area contributed by atoms with Gasteiger partial charge >= 0.3 is 6.09 Å². The number of ether oxygens (including phenoxy) is 2. The van der Waals surface area contributed by atoms with Crippen LogP contribution in [0.4, 0.5) is 4.79 Å². The van der Waals surface area contributed by atoms with Crippen molar-refractivity contribution in [3.8, 4) is 0 Å². The molecule has 0 radical (unpaired) electrons. The standard InChI is InChI=1S/C12H21NO4/c1-12(2,3)17-11(15)13-5-4-8-6-9(13)10(7-14)16-8/h8-10,14H,4-7H2,1-3H3/t8?,9?,10-/m0/s1. The maximum absolute atomic E-state index is 12.0. The number of amides is 1. The molecule has 2 rings (SSSR count). The van der Waals surface area contributed by atoms with Crippen molar-refractivity contribution in [2.75, 3.05) is 13.2 Å². The molecular weight excluding hydrogens is 222 g/mol. The van der Waals surface area contributed by atoms with Crippen molar-refractivity contribution in [1.82, 2.24) is 4.90 Å². The van der Waals surface area contributed by atoms with Gasteiger partial charge in [-0.15, -0.1) is 0 Å². The molecule has 0 aromatic carbocycles. The molecule has 2 bridgehead atoms. The van der Waals surface area contributed by atoms with Gasteiger partial charge in [0.15, 0.2) is 0 Å². The molecule has 2 aliphatic heterocycles. The second-order valence-electron chi connectivity index (χ2n) is 5.74. The molecule has 2 fully saturated rings. The molecule has 1 N–H and O–H groups in total. The molecule has 3 atom stereocenters.